The molecule has 0 radical (unpaired) electrons. The number of ether oxygens (including phenoxy) is 2. The largest absolute Gasteiger partial charge is 0.493 e. The van der Waals surface area contributed by atoms with Crippen LogP contribution in [-0.2, 0) is 11.4 Å². The van der Waals surface area contributed by atoms with Crippen molar-refractivity contribution in [3.63, 3.8) is 0 Å². The van der Waals surface area contributed by atoms with Crippen molar-refractivity contribution in [2.24, 2.45) is 0 Å². The Morgan fingerprint density at radius 1 is 1.07 bits per heavy atom. The molecular weight excluding hydrogens is 614 g/mol. The Balaban J connectivity index is 1.51. The fourth-order valence-electron chi connectivity index (χ4n) is 4.85. The van der Waals surface area contributed by atoms with Gasteiger partial charge in [-0.3, -0.25) is 4.79 Å². The van der Waals surface area contributed by atoms with E-state index in [9.17, 15) is 4.79 Å². The molecule has 1 aromatic heterocycles. The maximum atomic E-state index is 14.0. The van der Waals surface area contributed by atoms with Crippen LogP contribution in [0.15, 0.2) is 81.6 Å². The summed E-state index contributed by atoms with van der Waals surface area (Å²) in [6, 6.07) is 19.2. The number of methoxy groups -OCH3 is 1. The molecule has 218 valence electrons. The molecule has 0 fully saturated rings. The van der Waals surface area contributed by atoms with Gasteiger partial charge in [-0.1, -0.05) is 70.5 Å². The third kappa shape index (κ3) is 6.50. The molecule has 3 aromatic carbocycles. The van der Waals surface area contributed by atoms with Gasteiger partial charge in [0.15, 0.2) is 11.5 Å². The van der Waals surface area contributed by atoms with Crippen LogP contribution in [0.5, 0.6) is 11.5 Å². The number of fused-ring (bicyclic) bond motifs is 1. The topological polar surface area (TPSA) is 90.3 Å². The number of halogens is 1. The third-order valence-corrected chi connectivity index (χ3v) is 8.53. The highest BCUT2D eigenvalue weighted by Gasteiger charge is 2.35. The predicted molar refractivity (Wildman–Crippen MR) is 172 cm³/mol. The molecule has 0 bridgehead atoms. The summed E-state index contributed by atoms with van der Waals surface area (Å²) in [5.74, 6) is 2.46. The van der Waals surface area contributed by atoms with Crippen LogP contribution in [0.25, 0.3) is 0 Å². The number of thioether (sulfide) groups is 1. The zero-order valence-corrected chi connectivity index (χ0v) is 26.7. The van der Waals surface area contributed by atoms with Crippen LogP contribution in [0.4, 0.5) is 11.6 Å². The highest BCUT2D eigenvalue weighted by molar-refractivity contribution is 9.10. The predicted octanol–water partition coefficient (Wildman–Crippen LogP) is 7.67. The van der Waals surface area contributed by atoms with Gasteiger partial charge in [-0.05, 0) is 74.2 Å². The van der Waals surface area contributed by atoms with Crippen LogP contribution in [0, 0.1) is 13.8 Å². The summed E-state index contributed by atoms with van der Waals surface area (Å²) in [6.07, 6.45) is 1.01. The summed E-state index contributed by atoms with van der Waals surface area (Å²) < 4.78 is 14.7. The highest BCUT2D eigenvalue weighted by atomic mass is 79.9. The fraction of sp³-hybridized carbons (Fsp3) is 0.281. The molecule has 1 aliphatic rings. The molecule has 2 N–H and O–H groups in total. The van der Waals surface area contributed by atoms with Crippen LogP contribution in [-0.4, -0.2) is 33.5 Å². The number of benzene rings is 3. The molecule has 0 saturated carbocycles. The van der Waals surface area contributed by atoms with Gasteiger partial charge in [-0.2, -0.15) is 4.98 Å². The van der Waals surface area contributed by atoms with E-state index in [-0.39, 0.29) is 5.91 Å². The van der Waals surface area contributed by atoms with E-state index in [1.807, 2.05) is 75.4 Å². The number of nitrogens with one attached hydrogen (secondary N) is 2. The van der Waals surface area contributed by atoms with Crippen molar-refractivity contribution in [1.29, 1.82) is 0 Å². The van der Waals surface area contributed by atoms with Gasteiger partial charge in [-0.15, -0.1) is 5.10 Å². The lowest BCUT2D eigenvalue weighted by atomic mass is 9.94. The van der Waals surface area contributed by atoms with Crippen LogP contribution >= 0.6 is 27.7 Å². The summed E-state index contributed by atoms with van der Waals surface area (Å²) in [5.41, 5.74) is 6.02. The average Bonchev–Trinajstić information content (AvgIpc) is 3.38. The minimum absolute atomic E-state index is 0.213. The first kappa shape index (κ1) is 29.7. The van der Waals surface area contributed by atoms with Crippen molar-refractivity contribution < 1.29 is 14.3 Å². The molecule has 1 amide bonds. The molecule has 5 rings (SSSR count). The van der Waals surface area contributed by atoms with Crippen molar-refractivity contribution in [2.75, 3.05) is 23.5 Å². The van der Waals surface area contributed by atoms with E-state index in [4.69, 9.17) is 19.6 Å². The Labute approximate surface area is 259 Å². The molecule has 8 nitrogen and oxygen atoms in total. The number of hydrogen-bond acceptors (Lipinski definition) is 7. The van der Waals surface area contributed by atoms with Gasteiger partial charge in [0, 0.05) is 21.6 Å². The van der Waals surface area contributed by atoms with Crippen LogP contribution in [0.1, 0.15) is 48.6 Å². The number of anilines is 2. The minimum Gasteiger partial charge on any atom is -0.493 e. The monoisotopic (exact) mass is 647 g/mol. The molecule has 42 heavy (non-hydrogen) atoms. The van der Waals surface area contributed by atoms with E-state index in [0.717, 1.165) is 44.6 Å². The Kier molecular flexibility index (Phi) is 9.23. The molecule has 0 spiro atoms. The molecule has 1 atom stereocenters. The number of aryl methyl sites for hydroxylation is 2. The smallest absolute Gasteiger partial charge is 0.255 e. The van der Waals surface area contributed by atoms with Crippen molar-refractivity contribution in [3.05, 3.63) is 98.7 Å². The fourth-order valence-corrected chi connectivity index (χ4v) is 5.79. The van der Waals surface area contributed by atoms with Gasteiger partial charge in [-0.25, -0.2) is 4.68 Å². The maximum Gasteiger partial charge on any atom is 0.255 e. The van der Waals surface area contributed by atoms with E-state index in [1.165, 1.54) is 0 Å². The first-order valence-corrected chi connectivity index (χ1v) is 15.6. The van der Waals surface area contributed by atoms with Gasteiger partial charge in [0.25, 0.3) is 5.91 Å². The quantitative estimate of drug-likeness (QED) is 0.171. The van der Waals surface area contributed by atoms with Gasteiger partial charge >= 0.3 is 0 Å². The van der Waals surface area contributed by atoms with Crippen molar-refractivity contribution >= 4 is 45.2 Å². The summed E-state index contributed by atoms with van der Waals surface area (Å²) in [7, 11) is 1.61. The van der Waals surface area contributed by atoms with Gasteiger partial charge in [0.05, 0.1) is 12.7 Å². The zero-order chi connectivity index (χ0) is 29.8. The number of allylic oxidation sites excluding steroid dienone is 1. The average molecular weight is 649 g/mol. The van der Waals surface area contributed by atoms with E-state index >= 15 is 0 Å². The Hall–Kier alpha value is -3.76. The highest BCUT2D eigenvalue weighted by Crippen LogP contribution is 2.40. The van der Waals surface area contributed by atoms with Crippen LogP contribution in [0.3, 0.4) is 0 Å². The molecule has 1 aliphatic heterocycles. The number of aromatic nitrogens is 3. The number of rotatable bonds is 10. The Bertz CT molecular complexity index is 1630. The summed E-state index contributed by atoms with van der Waals surface area (Å²) in [4.78, 5) is 18.7. The first-order chi connectivity index (χ1) is 20.3. The lowest BCUT2D eigenvalue weighted by Crippen LogP contribution is -2.31. The van der Waals surface area contributed by atoms with E-state index in [1.54, 1.807) is 23.6 Å². The van der Waals surface area contributed by atoms with Crippen molar-refractivity contribution in [3.8, 4) is 11.5 Å². The number of carbonyl (C=O) groups is 1. The number of amides is 1. The lowest BCUT2D eigenvalue weighted by molar-refractivity contribution is -0.113. The van der Waals surface area contributed by atoms with Gasteiger partial charge < -0.3 is 20.1 Å². The lowest BCUT2D eigenvalue weighted by Gasteiger charge is -2.29. The molecule has 10 heteroatoms. The molecule has 0 aliphatic carbocycles. The van der Waals surface area contributed by atoms with Gasteiger partial charge in [0.2, 0.25) is 11.1 Å². The summed E-state index contributed by atoms with van der Waals surface area (Å²) >= 11 is 5.06. The second kappa shape index (κ2) is 13.0. The standard InChI is InChI=1S/C32H34BrN5O3S/c1-6-15-42-32-36-31-34-21(4)28(30(39)35-25-13-7-19(2)16-20(25)3)29(38(31)37-32)23-10-14-26(27(17-23)40-5)41-18-22-8-11-24(33)12-9-22/h7-14,16-17,29H,6,15,18H2,1-5H3,(H,35,39)(H,34,36,37). The minimum atomic E-state index is -0.537. The van der Waals surface area contributed by atoms with Gasteiger partial charge in [0.1, 0.15) is 12.6 Å². The van der Waals surface area contributed by atoms with Crippen LogP contribution < -0.4 is 20.1 Å². The molecule has 1 unspecified atom stereocenters. The van der Waals surface area contributed by atoms with Crippen LogP contribution in [0.2, 0.25) is 0 Å². The summed E-state index contributed by atoms with van der Waals surface area (Å²) in [5, 5.41) is 11.9. The Morgan fingerprint density at radius 2 is 1.86 bits per heavy atom. The maximum absolute atomic E-state index is 14.0. The number of hydrogen-bond donors (Lipinski definition) is 2. The Morgan fingerprint density at radius 3 is 2.57 bits per heavy atom. The molecule has 0 saturated heterocycles. The molecule has 2 heterocycles. The third-order valence-electron chi connectivity index (χ3n) is 6.95. The zero-order valence-electron chi connectivity index (χ0n) is 24.3. The normalized spacial score (nSPS) is 14.3. The molecular formula is C32H34BrN5O3S. The van der Waals surface area contributed by atoms with E-state index in [2.05, 4.69) is 39.6 Å². The number of carbonyl (C=O) groups excluding carboxylic acids is 1. The van der Waals surface area contributed by atoms with E-state index < -0.39 is 6.04 Å². The van der Waals surface area contributed by atoms with Crippen molar-refractivity contribution in [2.45, 2.75) is 51.9 Å². The number of nitrogens with zero attached hydrogens (tertiary/aromatic N) is 3. The second-order valence-electron chi connectivity index (χ2n) is 10.2. The molecule has 4 aromatic rings. The second-order valence-corrected chi connectivity index (χ2v) is 12.2. The van der Waals surface area contributed by atoms with E-state index in [0.29, 0.717) is 40.5 Å². The SMILES string of the molecule is CCCSc1nc2n(n1)C(c1ccc(OCc3ccc(Br)cc3)c(OC)c1)C(C(=O)Nc1ccc(C)cc1C)=C(C)N2. The first-order valence-electron chi connectivity index (χ1n) is 13.8. The van der Waals surface area contributed by atoms with Crippen molar-refractivity contribution in [1.82, 2.24) is 14.8 Å². The summed E-state index contributed by atoms with van der Waals surface area (Å²) in [6.45, 7) is 8.44.